The average Bonchev–Trinajstić information content (AvgIpc) is 2.95. The molecule has 0 unspecified atom stereocenters. The van der Waals surface area contributed by atoms with E-state index < -0.39 is 11.1 Å². The monoisotopic (exact) mass is 543 g/mol. The van der Waals surface area contributed by atoms with Crippen molar-refractivity contribution in [2.45, 2.75) is 0 Å². The fourth-order valence-corrected chi connectivity index (χ4v) is 4.49. The number of methoxy groups -OCH3 is 2. The molecule has 150 valence electrons. The predicted molar refractivity (Wildman–Crippen MR) is 121 cm³/mol. The number of imide groups is 1. The van der Waals surface area contributed by atoms with Crippen LogP contribution in [0.15, 0.2) is 41.3 Å². The van der Waals surface area contributed by atoms with Crippen molar-refractivity contribution in [1.82, 2.24) is 4.90 Å². The summed E-state index contributed by atoms with van der Waals surface area (Å²) in [5, 5.41) is 0.0129. The molecular weight excluding hydrogens is 529 g/mol. The van der Waals surface area contributed by atoms with Gasteiger partial charge in [-0.2, -0.15) is 0 Å². The van der Waals surface area contributed by atoms with Gasteiger partial charge in [-0.3, -0.25) is 19.3 Å². The Kier molecular flexibility index (Phi) is 6.86. The number of carbonyl (C=O) groups is 3. The normalized spacial score (nSPS) is 15.2. The summed E-state index contributed by atoms with van der Waals surface area (Å²) in [6.07, 6.45) is 1.60. The Morgan fingerprint density at radius 2 is 1.86 bits per heavy atom. The van der Waals surface area contributed by atoms with E-state index in [4.69, 9.17) is 21.1 Å². The topological polar surface area (TPSA) is 72.9 Å². The summed E-state index contributed by atoms with van der Waals surface area (Å²) < 4.78 is 11.4. The first-order valence-electron chi connectivity index (χ1n) is 8.29. The van der Waals surface area contributed by atoms with E-state index in [1.807, 2.05) is 6.07 Å². The Bertz CT molecular complexity index is 1020. The zero-order chi connectivity index (χ0) is 21.1. The smallest absolute Gasteiger partial charge is 0.293 e. The van der Waals surface area contributed by atoms with Gasteiger partial charge >= 0.3 is 0 Å². The van der Waals surface area contributed by atoms with Crippen molar-refractivity contribution in [2.24, 2.45) is 0 Å². The van der Waals surface area contributed by atoms with Crippen LogP contribution >= 0.6 is 46.0 Å². The van der Waals surface area contributed by atoms with E-state index in [9.17, 15) is 14.4 Å². The van der Waals surface area contributed by atoms with E-state index in [-0.39, 0.29) is 17.2 Å². The molecule has 0 spiro atoms. The lowest BCUT2D eigenvalue weighted by Crippen LogP contribution is -2.33. The van der Waals surface area contributed by atoms with E-state index >= 15 is 0 Å². The molecule has 29 heavy (non-hydrogen) atoms. The van der Waals surface area contributed by atoms with Crippen LogP contribution in [0.1, 0.15) is 15.9 Å². The number of halogens is 2. The number of ketones is 1. The molecule has 0 atom stereocenters. The first-order valence-corrected chi connectivity index (χ1v) is 10.6. The molecule has 9 heteroatoms. The fourth-order valence-electron chi connectivity index (χ4n) is 2.68. The highest BCUT2D eigenvalue weighted by Gasteiger charge is 2.36. The minimum absolute atomic E-state index is 0.238. The number of carbonyl (C=O) groups excluding carboxylic acids is 3. The van der Waals surface area contributed by atoms with Crippen LogP contribution in [0, 0.1) is 3.57 Å². The largest absolute Gasteiger partial charge is 0.493 e. The zero-order valence-electron chi connectivity index (χ0n) is 15.4. The number of thioether (sulfide) groups is 1. The van der Waals surface area contributed by atoms with Gasteiger partial charge in [0.15, 0.2) is 17.3 Å². The predicted octanol–water partition coefficient (Wildman–Crippen LogP) is 4.88. The molecule has 2 aromatic carbocycles. The van der Waals surface area contributed by atoms with Crippen molar-refractivity contribution in [3.8, 4) is 11.5 Å². The molecule has 6 nitrogen and oxygen atoms in total. The maximum atomic E-state index is 12.7. The lowest BCUT2D eigenvalue weighted by atomic mass is 10.1. The van der Waals surface area contributed by atoms with Crippen molar-refractivity contribution in [3.63, 3.8) is 0 Å². The number of hydrogen-bond acceptors (Lipinski definition) is 6. The Labute approximate surface area is 190 Å². The summed E-state index contributed by atoms with van der Waals surface area (Å²) in [7, 11) is 3.07. The van der Waals surface area contributed by atoms with Gasteiger partial charge in [-0.05, 0) is 82.4 Å². The standard InChI is InChI=1S/C20H15ClINO5S/c1-27-16-8-11(7-14(22)18(16)28-2)9-17-19(25)23(20(26)29-17)10-15(24)12-3-5-13(21)6-4-12/h3-9H,10H2,1-2H3/b17-9+. The molecule has 1 saturated heterocycles. The van der Waals surface area contributed by atoms with Crippen LogP contribution in [0.4, 0.5) is 4.79 Å². The molecule has 1 fully saturated rings. The number of hydrogen-bond donors (Lipinski definition) is 0. The van der Waals surface area contributed by atoms with Crippen molar-refractivity contribution in [1.29, 1.82) is 0 Å². The molecule has 0 radical (unpaired) electrons. The van der Waals surface area contributed by atoms with Crippen LogP contribution in [0.2, 0.25) is 5.02 Å². The Hall–Kier alpha value is -2.04. The van der Waals surface area contributed by atoms with Crippen LogP contribution in [-0.4, -0.2) is 42.6 Å². The van der Waals surface area contributed by atoms with Crippen molar-refractivity contribution in [2.75, 3.05) is 20.8 Å². The second-order valence-electron chi connectivity index (χ2n) is 5.94. The average molecular weight is 544 g/mol. The van der Waals surface area contributed by atoms with Crippen LogP contribution in [-0.2, 0) is 4.79 Å². The molecule has 0 aromatic heterocycles. The molecule has 2 amide bonds. The lowest BCUT2D eigenvalue weighted by Gasteiger charge is -2.12. The third-order valence-electron chi connectivity index (χ3n) is 4.10. The highest BCUT2D eigenvalue weighted by atomic mass is 127. The van der Waals surface area contributed by atoms with Crippen molar-refractivity contribution >= 4 is 69.0 Å². The third-order valence-corrected chi connectivity index (χ3v) is 6.06. The van der Waals surface area contributed by atoms with E-state index in [1.165, 1.54) is 7.11 Å². The molecule has 1 heterocycles. The summed E-state index contributed by atoms with van der Waals surface area (Å²) in [5.74, 6) is 0.257. The molecule has 2 aromatic rings. The number of amides is 2. The molecule has 3 rings (SSSR count). The summed E-state index contributed by atoms with van der Waals surface area (Å²) in [6, 6.07) is 9.82. The van der Waals surface area contributed by atoms with E-state index in [1.54, 1.807) is 43.5 Å². The highest BCUT2D eigenvalue weighted by molar-refractivity contribution is 14.1. The lowest BCUT2D eigenvalue weighted by molar-refractivity contribution is -0.122. The van der Waals surface area contributed by atoms with Gasteiger partial charge in [0.05, 0.1) is 29.2 Å². The zero-order valence-corrected chi connectivity index (χ0v) is 19.1. The number of Topliss-reactive ketones (excluding diaryl/α,β-unsaturated/α-hetero) is 1. The second-order valence-corrected chi connectivity index (χ2v) is 8.53. The van der Waals surface area contributed by atoms with E-state index in [2.05, 4.69) is 22.6 Å². The van der Waals surface area contributed by atoms with E-state index in [0.29, 0.717) is 27.6 Å². The summed E-state index contributed by atoms with van der Waals surface area (Å²) in [5.41, 5.74) is 1.06. The Morgan fingerprint density at radius 3 is 2.48 bits per heavy atom. The molecule has 1 aliphatic heterocycles. The van der Waals surface area contributed by atoms with Crippen molar-refractivity contribution < 1.29 is 23.9 Å². The van der Waals surface area contributed by atoms with Crippen LogP contribution in [0.5, 0.6) is 11.5 Å². The van der Waals surface area contributed by atoms with Gasteiger partial charge < -0.3 is 9.47 Å². The quantitative estimate of drug-likeness (QED) is 0.294. The van der Waals surface area contributed by atoms with Gasteiger partial charge in [0, 0.05) is 10.6 Å². The number of rotatable bonds is 6. The summed E-state index contributed by atoms with van der Waals surface area (Å²) in [4.78, 5) is 38.6. The maximum Gasteiger partial charge on any atom is 0.293 e. The third kappa shape index (κ3) is 4.76. The molecule has 1 aliphatic rings. The van der Waals surface area contributed by atoms with Crippen LogP contribution < -0.4 is 9.47 Å². The van der Waals surface area contributed by atoms with Crippen LogP contribution in [0.3, 0.4) is 0 Å². The minimum Gasteiger partial charge on any atom is -0.493 e. The first-order chi connectivity index (χ1) is 13.8. The first kappa shape index (κ1) is 21.7. The highest BCUT2D eigenvalue weighted by Crippen LogP contribution is 2.37. The Balaban J connectivity index is 1.82. The molecule has 0 N–H and O–H groups in total. The summed E-state index contributed by atoms with van der Waals surface area (Å²) >= 11 is 8.72. The molecule has 0 bridgehead atoms. The minimum atomic E-state index is -0.507. The SMILES string of the molecule is COc1cc(/C=C2/SC(=O)N(CC(=O)c3ccc(Cl)cc3)C2=O)cc(I)c1OC. The van der Waals surface area contributed by atoms with Gasteiger partial charge in [0.25, 0.3) is 11.1 Å². The number of ether oxygens (including phenoxy) is 2. The van der Waals surface area contributed by atoms with Gasteiger partial charge in [0.2, 0.25) is 0 Å². The molecular formula is C20H15ClINO5S. The maximum absolute atomic E-state index is 12.7. The van der Waals surface area contributed by atoms with Crippen molar-refractivity contribution in [3.05, 3.63) is 61.0 Å². The summed E-state index contributed by atoms with van der Waals surface area (Å²) in [6.45, 7) is -0.326. The van der Waals surface area contributed by atoms with Gasteiger partial charge in [-0.1, -0.05) is 11.6 Å². The number of benzene rings is 2. The van der Waals surface area contributed by atoms with Gasteiger partial charge in [-0.15, -0.1) is 0 Å². The Morgan fingerprint density at radius 1 is 1.17 bits per heavy atom. The molecule has 0 aliphatic carbocycles. The van der Waals surface area contributed by atoms with Gasteiger partial charge in [0.1, 0.15) is 0 Å². The molecule has 0 saturated carbocycles. The van der Waals surface area contributed by atoms with E-state index in [0.717, 1.165) is 20.2 Å². The second kappa shape index (κ2) is 9.19. The van der Waals surface area contributed by atoms with Gasteiger partial charge in [-0.25, -0.2) is 0 Å². The fraction of sp³-hybridized carbons (Fsp3) is 0.150. The number of nitrogens with zero attached hydrogens (tertiary/aromatic N) is 1. The van der Waals surface area contributed by atoms with Crippen LogP contribution in [0.25, 0.3) is 6.08 Å².